The Morgan fingerprint density at radius 2 is 2.06 bits per heavy atom. The van der Waals surface area contributed by atoms with E-state index in [1.54, 1.807) is 0 Å². The molecule has 0 heterocycles. The fourth-order valence-corrected chi connectivity index (χ4v) is 2.42. The summed E-state index contributed by atoms with van der Waals surface area (Å²) in [6, 6.07) is -0.274. The molecule has 0 radical (unpaired) electrons. The lowest BCUT2D eigenvalue weighted by Crippen LogP contribution is -2.63. The van der Waals surface area contributed by atoms with Crippen molar-refractivity contribution in [1.82, 2.24) is 10.6 Å². The van der Waals surface area contributed by atoms with Crippen LogP contribution in [0.4, 0.5) is 4.79 Å². The maximum atomic E-state index is 11.7. The average Bonchev–Trinajstić information content (AvgIpc) is 2.20. The number of carbonyl (C=O) groups excluding carboxylic acids is 1. The summed E-state index contributed by atoms with van der Waals surface area (Å²) in [4.78, 5) is 22.8. The topological polar surface area (TPSA) is 87.7 Å². The van der Waals surface area contributed by atoms with E-state index in [1.165, 1.54) is 0 Å². The first-order valence-electron chi connectivity index (χ1n) is 6.49. The predicted molar refractivity (Wildman–Crippen MR) is 64.3 cm³/mol. The number of nitrogens with one attached hydrogen (secondary N) is 2. The molecule has 0 spiro atoms. The Morgan fingerprint density at radius 3 is 2.50 bits per heavy atom. The van der Waals surface area contributed by atoms with E-state index in [-0.39, 0.29) is 18.2 Å². The van der Waals surface area contributed by atoms with Gasteiger partial charge in [0, 0.05) is 12.6 Å². The molecule has 0 aromatic rings. The van der Waals surface area contributed by atoms with E-state index < -0.39 is 11.5 Å². The van der Waals surface area contributed by atoms with E-state index in [2.05, 4.69) is 10.6 Å². The molecule has 2 rings (SSSR count). The lowest BCUT2D eigenvalue weighted by atomic mass is 9.77. The number of carbonyl (C=O) groups is 2. The van der Waals surface area contributed by atoms with E-state index in [4.69, 9.17) is 9.84 Å². The number of aliphatic carboxylic acids is 1. The van der Waals surface area contributed by atoms with Crippen molar-refractivity contribution in [2.75, 3.05) is 6.61 Å². The minimum Gasteiger partial charge on any atom is -0.480 e. The van der Waals surface area contributed by atoms with E-state index in [0.717, 1.165) is 19.3 Å². The van der Waals surface area contributed by atoms with Gasteiger partial charge >= 0.3 is 12.0 Å². The summed E-state index contributed by atoms with van der Waals surface area (Å²) in [5, 5.41) is 14.5. The highest BCUT2D eigenvalue weighted by Crippen LogP contribution is 2.32. The third kappa shape index (κ3) is 2.58. The van der Waals surface area contributed by atoms with Crippen LogP contribution in [0.1, 0.15) is 39.0 Å². The van der Waals surface area contributed by atoms with Crippen molar-refractivity contribution in [3.05, 3.63) is 0 Å². The molecule has 2 amide bonds. The fraction of sp³-hybridized carbons (Fsp3) is 0.833. The van der Waals surface area contributed by atoms with Crippen molar-refractivity contribution in [3.63, 3.8) is 0 Å². The van der Waals surface area contributed by atoms with Crippen LogP contribution >= 0.6 is 0 Å². The summed E-state index contributed by atoms with van der Waals surface area (Å²) in [7, 11) is 0. The molecule has 0 unspecified atom stereocenters. The van der Waals surface area contributed by atoms with Crippen LogP contribution in [0.5, 0.6) is 0 Å². The molecule has 0 aromatic carbocycles. The molecule has 2 saturated carbocycles. The number of amides is 2. The molecule has 6 heteroatoms. The van der Waals surface area contributed by atoms with Crippen LogP contribution in [-0.4, -0.2) is 41.4 Å². The standard InChI is InChI=1S/C12H20N2O4/c1-2-18-9-6-8(7-9)13-11(17)14-12(10(15)16)4-3-5-12/h8-9H,2-7H2,1H3,(H,15,16)(H2,13,14,17). The SMILES string of the molecule is CCOC1CC(NC(=O)NC2(C(=O)O)CCC2)C1. The molecule has 18 heavy (non-hydrogen) atoms. The Balaban J connectivity index is 1.72. The first-order chi connectivity index (χ1) is 8.55. The highest BCUT2D eigenvalue weighted by molar-refractivity contribution is 5.87. The molecule has 2 fully saturated rings. The molecular weight excluding hydrogens is 236 g/mol. The number of carboxylic acids is 1. The second-order valence-electron chi connectivity index (χ2n) is 5.08. The summed E-state index contributed by atoms with van der Waals surface area (Å²) < 4.78 is 5.40. The summed E-state index contributed by atoms with van der Waals surface area (Å²) in [6.07, 6.45) is 3.73. The molecule has 102 valence electrons. The van der Waals surface area contributed by atoms with E-state index in [9.17, 15) is 9.59 Å². The lowest BCUT2D eigenvalue weighted by Gasteiger charge is -2.40. The summed E-state index contributed by atoms with van der Waals surface area (Å²) >= 11 is 0. The number of rotatable bonds is 5. The maximum Gasteiger partial charge on any atom is 0.329 e. The molecule has 0 saturated heterocycles. The first kappa shape index (κ1) is 13.1. The number of carboxylic acid groups (broad SMARTS) is 1. The van der Waals surface area contributed by atoms with Crippen LogP contribution in [0.15, 0.2) is 0 Å². The van der Waals surface area contributed by atoms with Crippen molar-refractivity contribution in [1.29, 1.82) is 0 Å². The Kier molecular flexibility index (Phi) is 3.75. The quantitative estimate of drug-likeness (QED) is 0.680. The van der Waals surface area contributed by atoms with Gasteiger partial charge in [-0.1, -0.05) is 0 Å². The monoisotopic (exact) mass is 256 g/mol. The van der Waals surface area contributed by atoms with E-state index in [0.29, 0.717) is 19.4 Å². The number of urea groups is 1. The summed E-state index contributed by atoms with van der Waals surface area (Å²) in [6.45, 7) is 2.63. The zero-order valence-electron chi connectivity index (χ0n) is 10.6. The smallest absolute Gasteiger partial charge is 0.329 e. The molecule has 3 N–H and O–H groups in total. The minimum atomic E-state index is -1.03. The second kappa shape index (κ2) is 5.14. The van der Waals surface area contributed by atoms with Gasteiger partial charge in [0.25, 0.3) is 0 Å². The van der Waals surface area contributed by atoms with Gasteiger partial charge in [-0.15, -0.1) is 0 Å². The fourth-order valence-electron chi connectivity index (χ4n) is 2.42. The van der Waals surface area contributed by atoms with Gasteiger partial charge in [-0.3, -0.25) is 0 Å². The van der Waals surface area contributed by atoms with Crippen LogP contribution in [-0.2, 0) is 9.53 Å². The third-order valence-electron chi connectivity index (χ3n) is 3.80. The van der Waals surface area contributed by atoms with Gasteiger partial charge in [0.15, 0.2) is 0 Å². The third-order valence-corrected chi connectivity index (χ3v) is 3.80. The molecule has 0 aromatic heterocycles. The van der Waals surface area contributed by atoms with Crippen LogP contribution in [0.2, 0.25) is 0 Å². The summed E-state index contributed by atoms with van der Waals surface area (Å²) in [5.41, 5.74) is -1.03. The molecule has 0 bridgehead atoms. The second-order valence-corrected chi connectivity index (χ2v) is 5.08. The first-order valence-corrected chi connectivity index (χ1v) is 6.49. The van der Waals surface area contributed by atoms with Crippen LogP contribution in [0.3, 0.4) is 0 Å². The van der Waals surface area contributed by atoms with Crippen LogP contribution in [0, 0.1) is 0 Å². The van der Waals surface area contributed by atoms with E-state index in [1.807, 2.05) is 6.92 Å². The maximum absolute atomic E-state index is 11.7. The highest BCUT2D eigenvalue weighted by Gasteiger charge is 2.46. The van der Waals surface area contributed by atoms with Gasteiger partial charge in [0.2, 0.25) is 0 Å². The van der Waals surface area contributed by atoms with Gasteiger partial charge in [0.1, 0.15) is 5.54 Å². The Hall–Kier alpha value is -1.30. The largest absolute Gasteiger partial charge is 0.480 e. The van der Waals surface area contributed by atoms with Gasteiger partial charge in [-0.05, 0) is 39.0 Å². The van der Waals surface area contributed by atoms with Crippen molar-refractivity contribution in [2.45, 2.75) is 56.7 Å². The van der Waals surface area contributed by atoms with Crippen LogP contribution in [0.25, 0.3) is 0 Å². The molecular formula is C12H20N2O4. The Morgan fingerprint density at radius 1 is 1.39 bits per heavy atom. The highest BCUT2D eigenvalue weighted by atomic mass is 16.5. The Labute approximate surface area is 106 Å². The van der Waals surface area contributed by atoms with Gasteiger partial charge in [0.05, 0.1) is 6.10 Å². The van der Waals surface area contributed by atoms with Crippen molar-refractivity contribution in [3.8, 4) is 0 Å². The Bertz CT molecular complexity index is 335. The van der Waals surface area contributed by atoms with Gasteiger partial charge in [-0.25, -0.2) is 9.59 Å². The van der Waals surface area contributed by atoms with Crippen molar-refractivity contribution in [2.24, 2.45) is 0 Å². The van der Waals surface area contributed by atoms with Gasteiger partial charge in [-0.2, -0.15) is 0 Å². The average molecular weight is 256 g/mol. The zero-order valence-corrected chi connectivity index (χ0v) is 10.6. The lowest BCUT2D eigenvalue weighted by molar-refractivity contribution is -0.148. The van der Waals surface area contributed by atoms with Crippen molar-refractivity contribution < 1.29 is 19.4 Å². The number of hydrogen-bond acceptors (Lipinski definition) is 3. The molecule has 2 aliphatic rings. The normalized spacial score (nSPS) is 28.7. The minimum absolute atomic E-state index is 0.104. The zero-order chi connectivity index (χ0) is 13.2. The number of ether oxygens (including phenoxy) is 1. The predicted octanol–water partition coefficient (Wildman–Crippen LogP) is 0.860. The molecule has 0 aliphatic heterocycles. The summed E-state index contributed by atoms with van der Waals surface area (Å²) in [5.74, 6) is -0.940. The molecule has 0 atom stereocenters. The van der Waals surface area contributed by atoms with E-state index >= 15 is 0 Å². The van der Waals surface area contributed by atoms with Crippen molar-refractivity contribution >= 4 is 12.0 Å². The molecule has 2 aliphatic carbocycles. The number of hydrogen-bond donors (Lipinski definition) is 3. The molecule has 6 nitrogen and oxygen atoms in total. The van der Waals surface area contributed by atoms with Gasteiger partial charge < -0.3 is 20.5 Å². The van der Waals surface area contributed by atoms with Crippen LogP contribution < -0.4 is 10.6 Å².